The lowest BCUT2D eigenvalue weighted by molar-refractivity contribution is -0.137. The Kier molecular flexibility index (Phi) is 4.86. The number of primary amides is 1. The number of alkyl halides is 3. The van der Waals surface area contributed by atoms with Crippen molar-refractivity contribution in [3.05, 3.63) is 23.8 Å². The Morgan fingerprint density at radius 2 is 1.95 bits per heavy atom. The van der Waals surface area contributed by atoms with Crippen LogP contribution in [0.15, 0.2) is 18.2 Å². The van der Waals surface area contributed by atoms with E-state index in [1.54, 1.807) is 0 Å². The van der Waals surface area contributed by atoms with Gasteiger partial charge in [-0.25, -0.2) is 0 Å². The predicted molar refractivity (Wildman–Crippen MR) is 72.1 cm³/mol. The van der Waals surface area contributed by atoms with Gasteiger partial charge in [-0.2, -0.15) is 13.2 Å². The second kappa shape index (κ2) is 6.02. The normalized spacial score (nSPS) is 11.7. The molecular weight excluding hydrogens is 271 g/mol. The van der Waals surface area contributed by atoms with Crippen LogP contribution >= 0.6 is 0 Å². The van der Waals surface area contributed by atoms with Crippen molar-refractivity contribution in [1.29, 1.82) is 0 Å². The largest absolute Gasteiger partial charge is 0.418 e. The molecule has 1 aromatic carbocycles. The van der Waals surface area contributed by atoms with Gasteiger partial charge in [0.05, 0.1) is 12.1 Å². The first kappa shape index (κ1) is 16.1. The molecule has 1 amide bonds. The second-order valence-electron chi connectivity index (χ2n) is 5.02. The van der Waals surface area contributed by atoms with E-state index in [4.69, 9.17) is 11.5 Å². The topological polar surface area (TPSA) is 72.3 Å². The molecule has 0 saturated heterocycles. The molecule has 0 aliphatic heterocycles. The fourth-order valence-electron chi connectivity index (χ4n) is 1.93. The summed E-state index contributed by atoms with van der Waals surface area (Å²) in [6.07, 6.45) is -4.54. The summed E-state index contributed by atoms with van der Waals surface area (Å²) >= 11 is 0. The molecule has 1 aromatic rings. The zero-order valence-corrected chi connectivity index (χ0v) is 11.4. The molecule has 7 heteroatoms. The standard InChI is InChI=1S/C13H18F3N3O/c1-8(2)6-19(7-12(18)20)11-4-3-9(17)5-10(11)13(14,15)16/h3-5,8H,6-7,17H2,1-2H3,(H2,18,20). The predicted octanol–water partition coefficient (Wildman–Crippen LogP) is 2.24. The van der Waals surface area contributed by atoms with Gasteiger partial charge in [0, 0.05) is 17.9 Å². The first-order valence-electron chi connectivity index (χ1n) is 6.11. The zero-order valence-electron chi connectivity index (χ0n) is 11.4. The first-order chi connectivity index (χ1) is 9.11. The molecular formula is C13H18F3N3O. The highest BCUT2D eigenvalue weighted by Gasteiger charge is 2.35. The number of anilines is 2. The van der Waals surface area contributed by atoms with Gasteiger partial charge in [0.15, 0.2) is 0 Å². The van der Waals surface area contributed by atoms with Gasteiger partial charge in [0.1, 0.15) is 0 Å². The van der Waals surface area contributed by atoms with Gasteiger partial charge < -0.3 is 16.4 Å². The van der Waals surface area contributed by atoms with Crippen LogP contribution in [0.1, 0.15) is 19.4 Å². The summed E-state index contributed by atoms with van der Waals surface area (Å²) in [5, 5.41) is 0. The number of halogens is 3. The average molecular weight is 289 g/mol. The highest BCUT2D eigenvalue weighted by molar-refractivity contribution is 5.80. The van der Waals surface area contributed by atoms with E-state index in [2.05, 4.69) is 0 Å². The molecule has 4 N–H and O–H groups in total. The van der Waals surface area contributed by atoms with Crippen molar-refractivity contribution in [2.75, 3.05) is 23.7 Å². The van der Waals surface area contributed by atoms with Crippen molar-refractivity contribution in [3.63, 3.8) is 0 Å². The average Bonchev–Trinajstić information content (AvgIpc) is 2.25. The Bertz CT molecular complexity index is 486. The quantitative estimate of drug-likeness (QED) is 0.816. The molecule has 0 aliphatic carbocycles. The van der Waals surface area contributed by atoms with Gasteiger partial charge in [0.2, 0.25) is 5.91 Å². The summed E-state index contributed by atoms with van der Waals surface area (Å²) in [4.78, 5) is 12.4. The second-order valence-corrected chi connectivity index (χ2v) is 5.02. The number of carbonyl (C=O) groups excluding carboxylic acids is 1. The van der Waals surface area contributed by atoms with Crippen molar-refractivity contribution in [3.8, 4) is 0 Å². The number of nitrogens with zero attached hydrogens (tertiary/aromatic N) is 1. The van der Waals surface area contributed by atoms with Crippen LogP contribution in [0.25, 0.3) is 0 Å². The minimum absolute atomic E-state index is 0.0182. The number of nitrogen functional groups attached to an aromatic ring is 1. The zero-order chi connectivity index (χ0) is 15.5. The van der Waals surface area contributed by atoms with Gasteiger partial charge in [-0.15, -0.1) is 0 Å². The van der Waals surface area contributed by atoms with Crippen LogP contribution in [0.5, 0.6) is 0 Å². The Hall–Kier alpha value is -1.92. The summed E-state index contributed by atoms with van der Waals surface area (Å²) < 4.78 is 39.2. The number of benzene rings is 1. The summed E-state index contributed by atoms with van der Waals surface area (Å²) in [5.41, 5.74) is 9.60. The van der Waals surface area contributed by atoms with Gasteiger partial charge in [-0.1, -0.05) is 13.8 Å². The molecule has 0 saturated carbocycles. The van der Waals surface area contributed by atoms with E-state index in [0.29, 0.717) is 0 Å². The highest BCUT2D eigenvalue weighted by atomic mass is 19.4. The van der Waals surface area contributed by atoms with Crippen LogP contribution in [0.3, 0.4) is 0 Å². The molecule has 0 aliphatic rings. The Morgan fingerprint density at radius 1 is 1.35 bits per heavy atom. The van der Waals surface area contributed by atoms with Crippen molar-refractivity contribution in [1.82, 2.24) is 0 Å². The molecule has 0 fully saturated rings. The highest BCUT2D eigenvalue weighted by Crippen LogP contribution is 2.38. The Balaban J connectivity index is 3.28. The molecule has 20 heavy (non-hydrogen) atoms. The summed E-state index contributed by atoms with van der Waals surface area (Å²) in [6, 6.07) is 3.51. The third-order valence-electron chi connectivity index (χ3n) is 2.60. The number of hydrogen-bond donors (Lipinski definition) is 2. The minimum atomic E-state index is -4.54. The molecule has 0 aromatic heterocycles. The van der Waals surface area contributed by atoms with E-state index in [1.165, 1.54) is 17.0 Å². The van der Waals surface area contributed by atoms with E-state index < -0.39 is 17.6 Å². The van der Waals surface area contributed by atoms with Crippen LogP contribution in [-0.2, 0) is 11.0 Å². The van der Waals surface area contributed by atoms with Gasteiger partial charge in [0.25, 0.3) is 0 Å². The molecule has 0 unspecified atom stereocenters. The van der Waals surface area contributed by atoms with Gasteiger partial charge >= 0.3 is 6.18 Å². The minimum Gasteiger partial charge on any atom is -0.399 e. The first-order valence-corrected chi connectivity index (χ1v) is 6.11. The maximum absolute atomic E-state index is 13.1. The molecule has 1 rings (SSSR count). The molecule has 0 radical (unpaired) electrons. The van der Waals surface area contributed by atoms with Crippen LogP contribution in [0.2, 0.25) is 0 Å². The number of rotatable bonds is 5. The van der Waals surface area contributed by atoms with E-state index in [9.17, 15) is 18.0 Å². The SMILES string of the molecule is CC(C)CN(CC(N)=O)c1ccc(N)cc1C(F)(F)F. The third kappa shape index (κ3) is 4.32. The molecule has 0 atom stereocenters. The lowest BCUT2D eigenvalue weighted by Crippen LogP contribution is -2.37. The van der Waals surface area contributed by atoms with Crippen LogP contribution in [0, 0.1) is 5.92 Å². The molecule has 0 bridgehead atoms. The number of nitrogens with two attached hydrogens (primary N) is 2. The van der Waals surface area contributed by atoms with Crippen molar-refractivity contribution in [2.45, 2.75) is 20.0 Å². The van der Waals surface area contributed by atoms with E-state index in [-0.39, 0.29) is 30.4 Å². The number of hydrogen-bond acceptors (Lipinski definition) is 3. The number of carbonyl (C=O) groups is 1. The Labute approximate surface area is 115 Å². The fraction of sp³-hybridized carbons (Fsp3) is 0.462. The van der Waals surface area contributed by atoms with Crippen molar-refractivity contribution < 1.29 is 18.0 Å². The smallest absolute Gasteiger partial charge is 0.399 e. The lowest BCUT2D eigenvalue weighted by atomic mass is 10.1. The van der Waals surface area contributed by atoms with Gasteiger partial charge in [-0.3, -0.25) is 4.79 Å². The monoisotopic (exact) mass is 289 g/mol. The van der Waals surface area contributed by atoms with Crippen molar-refractivity contribution in [2.24, 2.45) is 11.7 Å². The molecule has 4 nitrogen and oxygen atoms in total. The van der Waals surface area contributed by atoms with Gasteiger partial charge in [-0.05, 0) is 24.1 Å². The van der Waals surface area contributed by atoms with Crippen LogP contribution in [0.4, 0.5) is 24.5 Å². The lowest BCUT2D eigenvalue weighted by Gasteiger charge is -2.28. The molecule has 112 valence electrons. The number of amides is 1. The molecule has 0 spiro atoms. The fourth-order valence-corrected chi connectivity index (χ4v) is 1.93. The Morgan fingerprint density at radius 3 is 2.40 bits per heavy atom. The van der Waals surface area contributed by atoms with Crippen molar-refractivity contribution >= 4 is 17.3 Å². The van der Waals surface area contributed by atoms with E-state index >= 15 is 0 Å². The molecule has 0 heterocycles. The summed E-state index contributed by atoms with van der Waals surface area (Å²) in [7, 11) is 0. The summed E-state index contributed by atoms with van der Waals surface area (Å²) in [6.45, 7) is 3.71. The van der Waals surface area contributed by atoms with Crippen LogP contribution in [-0.4, -0.2) is 19.0 Å². The van der Waals surface area contributed by atoms with E-state index in [1.807, 2.05) is 13.8 Å². The summed E-state index contributed by atoms with van der Waals surface area (Å²) in [5.74, 6) is -0.608. The maximum atomic E-state index is 13.1. The van der Waals surface area contributed by atoms with E-state index in [0.717, 1.165) is 6.07 Å². The van der Waals surface area contributed by atoms with Crippen LogP contribution < -0.4 is 16.4 Å². The third-order valence-corrected chi connectivity index (χ3v) is 2.60. The maximum Gasteiger partial charge on any atom is 0.418 e.